The summed E-state index contributed by atoms with van der Waals surface area (Å²) in [6, 6.07) is 93.0. The van der Waals surface area contributed by atoms with Crippen LogP contribution in [-0.4, -0.2) is 8.07 Å². The van der Waals surface area contributed by atoms with E-state index in [1.54, 1.807) is 0 Å². The van der Waals surface area contributed by atoms with Crippen molar-refractivity contribution >= 4 is 78.2 Å². The second-order valence-corrected chi connectivity index (χ2v) is 21.8. The van der Waals surface area contributed by atoms with E-state index in [-0.39, 0.29) is 5.41 Å². The Balaban J connectivity index is 1.06. The predicted octanol–water partition coefficient (Wildman–Crippen LogP) is 14.0. The van der Waals surface area contributed by atoms with Crippen molar-refractivity contribution < 1.29 is 0 Å². The zero-order chi connectivity index (χ0) is 43.5. The fraction of sp³-hybridized carbons (Fsp3) is 0.0476. The first-order chi connectivity index (χ1) is 32.0. The highest BCUT2D eigenvalue weighted by Gasteiger charge is 2.43. The van der Waals surface area contributed by atoms with Crippen LogP contribution < -0.4 is 25.6 Å². The second-order valence-electron chi connectivity index (χ2n) is 18.0. The van der Waals surface area contributed by atoms with Crippen molar-refractivity contribution in [2.24, 2.45) is 0 Å². The van der Waals surface area contributed by atoms with E-state index < -0.39 is 8.07 Å². The number of hydrogen-bond donors (Lipinski definition) is 0. The summed E-state index contributed by atoms with van der Waals surface area (Å²) >= 11 is 0. The molecule has 0 radical (unpaired) electrons. The number of benzene rings is 11. The summed E-state index contributed by atoms with van der Waals surface area (Å²) in [4.78, 5) is 2.37. The Kier molecular flexibility index (Phi) is 9.26. The minimum absolute atomic E-state index is 0.218. The lowest BCUT2D eigenvalue weighted by atomic mass is 9.81. The van der Waals surface area contributed by atoms with E-state index >= 15 is 0 Å². The van der Waals surface area contributed by atoms with Crippen LogP contribution in [0.3, 0.4) is 0 Å². The maximum atomic E-state index is 2.58. The predicted molar refractivity (Wildman–Crippen MR) is 280 cm³/mol. The maximum Gasteiger partial charge on any atom is 0.180 e. The van der Waals surface area contributed by atoms with Crippen LogP contribution in [0.5, 0.6) is 0 Å². The Morgan fingerprint density at radius 2 is 0.723 bits per heavy atom. The van der Waals surface area contributed by atoms with Gasteiger partial charge in [0.05, 0.1) is 0 Å². The van der Waals surface area contributed by atoms with E-state index in [0.717, 1.165) is 17.1 Å². The van der Waals surface area contributed by atoms with E-state index in [9.17, 15) is 0 Å². The van der Waals surface area contributed by atoms with Crippen LogP contribution in [0.2, 0.25) is 0 Å². The van der Waals surface area contributed by atoms with Gasteiger partial charge in [-0.1, -0.05) is 214 Å². The third-order valence-corrected chi connectivity index (χ3v) is 19.0. The van der Waals surface area contributed by atoms with Gasteiger partial charge in [0.2, 0.25) is 0 Å². The van der Waals surface area contributed by atoms with Crippen molar-refractivity contribution in [2.75, 3.05) is 4.90 Å². The van der Waals surface area contributed by atoms with Gasteiger partial charge in [0.25, 0.3) is 0 Å². The van der Waals surface area contributed by atoms with E-state index in [1.165, 1.54) is 86.4 Å². The maximum absolute atomic E-state index is 2.86. The number of para-hydroxylation sites is 2. The quantitative estimate of drug-likeness (QED) is 0.0837. The summed E-state index contributed by atoms with van der Waals surface area (Å²) in [5, 5.41) is 13.3. The van der Waals surface area contributed by atoms with Gasteiger partial charge >= 0.3 is 0 Å². The van der Waals surface area contributed by atoms with Gasteiger partial charge < -0.3 is 4.90 Å². The van der Waals surface area contributed by atoms with Crippen LogP contribution in [0.25, 0.3) is 54.6 Å². The highest BCUT2D eigenvalue weighted by molar-refractivity contribution is 7.20. The molecule has 1 aliphatic rings. The van der Waals surface area contributed by atoms with Gasteiger partial charge in [0.15, 0.2) is 8.07 Å². The normalized spacial score (nSPS) is 12.9. The zero-order valence-electron chi connectivity index (χ0n) is 36.6. The molecular formula is C63H47NSi. The molecule has 65 heavy (non-hydrogen) atoms. The molecule has 11 aromatic carbocycles. The Hall–Kier alpha value is -7.78. The summed E-state index contributed by atoms with van der Waals surface area (Å²) in [6.07, 6.45) is 0. The average Bonchev–Trinajstić information content (AvgIpc) is 3.60. The summed E-state index contributed by atoms with van der Waals surface area (Å²) in [5.41, 5.74) is 11.1. The fourth-order valence-corrected chi connectivity index (χ4v) is 16.2. The SMILES string of the molecule is CC1(C)c2cc(-c3cc4c5ccccc5c([Si](c5ccccc5)(c5ccccc5)c5ccccc5)cc4c4ccccc34)ccc2-c2ccc(N(c3ccccc3)c3ccccc3)cc21. The molecule has 0 fully saturated rings. The summed E-state index contributed by atoms with van der Waals surface area (Å²) in [5.74, 6) is 0. The standard InChI is InChI=1S/C63H47NSi/c1-63(2)60-40-44(36-38-54(60)55-39-37-47(41-61(55)63)64(45-22-8-3-9-23-45)46-24-10-4-11-25-46)57-42-58-53-34-20-21-35-56(53)62(43-59(58)52-33-19-18-32-51(52)57)65(48-26-12-5-13-27-48,49-28-14-6-15-29-49)50-30-16-7-17-31-50/h3-43H,1-2H3. The molecule has 11 aromatic rings. The first-order valence-electron chi connectivity index (χ1n) is 22.8. The molecule has 2 heteroatoms. The molecule has 1 aliphatic carbocycles. The van der Waals surface area contributed by atoms with Gasteiger partial charge in [-0.15, -0.1) is 0 Å². The van der Waals surface area contributed by atoms with E-state index in [2.05, 4.69) is 267 Å². The van der Waals surface area contributed by atoms with Crippen molar-refractivity contribution in [3.63, 3.8) is 0 Å². The molecule has 0 unspecified atom stereocenters. The molecule has 1 nitrogen and oxygen atoms in total. The van der Waals surface area contributed by atoms with Crippen molar-refractivity contribution in [1.29, 1.82) is 0 Å². The van der Waals surface area contributed by atoms with Crippen LogP contribution in [0, 0.1) is 0 Å². The second kappa shape index (κ2) is 15.5. The lowest BCUT2D eigenvalue weighted by Crippen LogP contribution is -2.74. The monoisotopic (exact) mass is 845 g/mol. The van der Waals surface area contributed by atoms with Crippen LogP contribution in [0.4, 0.5) is 17.1 Å². The molecule has 0 spiro atoms. The lowest BCUT2D eigenvalue weighted by Gasteiger charge is -2.35. The van der Waals surface area contributed by atoms with E-state index in [0.29, 0.717) is 0 Å². The summed E-state index contributed by atoms with van der Waals surface area (Å²) in [6.45, 7) is 4.80. The highest BCUT2D eigenvalue weighted by atomic mass is 28.3. The van der Waals surface area contributed by atoms with Gasteiger partial charge in [0.1, 0.15) is 0 Å². The van der Waals surface area contributed by atoms with Gasteiger partial charge in [-0.3, -0.25) is 0 Å². The van der Waals surface area contributed by atoms with Crippen LogP contribution >= 0.6 is 0 Å². The first-order valence-corrected chi connectivity index (χ1v) is 24.8. The summed E-state index contributed by atoms with van der Waals surface area (Å²) in [7, 11) is -2.86. The number of rotatable bonds is 8. The Bertz CT molecular complexity index is 3410. The Labute approximate surface area is 382 Å². The molecule has 0 atom stereocenters. The van der Waals surface area contributed by atoms with Gasteiger partial charge in [-0.05, 0) is 135 Å². The lowest BCUT2D eigenvalue weighted by molar-refractivity contribution is 0.660. The minimum atomic E-state index is -2.86. The molecule has 0 aliphatic heterocycles. The van der Waals surface area contributed by atoms with Crippen LogP contribution in [0.1, 0.15) is 25.0 Å². The molecule has 0 saturated heterocycles. The highest BCUT2D eigenvalue weighted by Crippen LogP contribution is 2.52. The van der Waals surface area contributed by atoms with Crippen molar-refractivity contribution in [2.45, 2.75) is 19.3 Å². The molecule has 0 heterocycles. The minimum Gasteiger partial charge on any atom is -0.310 e. The van der Waals surface area contributed by atoms with Crippen molar-refractivity contribution in [3.05, 3.63) is 260 Å². The third kappa shape index (κ3) is 6.13. The molecular weight excluding hydrogens is 799 g/mol. The average molecular weight is 846 g/mol. The molecule has 0 saturated carbocycles. The smallest absolute Gasteiger partial charge is 0.180 e. The van der Waals surface area contributed by atoms with E-state index in [1.807, 2.05) is 0 Å². The molecule has 0 bridgehead atoms. The number of anilines is 3. The van der Waals surface area contributed by atoms with Gasteiger partial charge in [0, 0.05) is 22.5 Å². The molecule has 0 N–H and O–H groups in total. The summed E-state index contributed by atoms with van der Waals surface area (Å²) < 4.78 is 0. The Morgan fingerprint density at radius 3 is 1.26 bits per heavy atom. The molecule has 0 amide bonds. The molecule has 308 valence electrons. The Morgan fingerprint density at radius 1 is 0.308 bits per heavy atom. The first kappa shape index (κ1) is 38.9. The van der Waals surface area contributed by atoms with Crippen molar-refractivity contribution in [3.8, 4) is 22.3 Å². The van der Waals surface area contributed by atoms with Gasteiger partial charge in [-0.2, -0.15) is 0 Å². The fourth-order valence-electron chi connectivity index (χ4n) is 11.2. The number of nitrogens with zero attached hydrogens (tertiary/aromatic N) is 1. The van der Waals surface area contributed by atoms with Crippen LogP contribution in [-0.2, 0) is 5.41 Å². The number of fused-ring (bicyclic) bond motifs is 8. The van der Waals surface area contributed by atoms with Crippen LogP contribution in [0.15, 0.2) is 249 Å². The van der Waals surface area contributed by atoms with Gasteiger partial charge in [-0.25, -0.2) is 0 Å². The van der Waals surface area contributed by atoms with Crippen molar-refractivity contribution in [1.82, 2.24) is 0 Å². The largest absolute Gasteiger partial charge is 0.310 e. The molecule has 12 rings (SSSR count). The topological polar surface area (TPSA) is 3.24 Å². The van der Waals surface area contributed by atoms with E-state index in [4.69, 9.17) is 0 Å². The number of hydrogen-bond acceptors (Lipinski definition) is 1. The zero-order valence-corrected chi connectivity index (χ0v) is 37.6. The molecule has 0 aromatic heterocycles. The third-order valence-electron chi connectivity index (χ3n) is 14.2.